The van der Waals surface area contributed by atoms with Crippen molar-refractivity contribution in [3.63, 3.8) is 0 Å². The maximum atomic E-state index is 12.6. The molecule has 0 saturated carbocycles. The largest absolute Gasteiger partial charge is 0.369 e. The average Bonchev–Trinajstić information content (AvgIpc) is 2.53. The maximum absolute atomic E-state index is 12.6. The lowest BCUT2D eigenvalue weighted by Gasteiger charge is -2.19. The first kappa shape index (κ1) is 12.3. The van der Waals surface area contributed by atoms with Crippen LogP contribution in [0.15, 0.2) is 54.6 Å². The minimum absolute atomic E-state index is 0.0379. The van der Waals surface area contributed by atoms with Gasteiger partial charge >= 0.3 is 0 Å². The van der Waals surface area contributed by atoms with Gasteiger partial charge in [-0.3, -0.25) is 4.79 Å². The molecule has 0 fully saturated rings. The number of rotatable bonds is 1. The Hall–Kier alpha value is -2.45. The van der Waals surface area contributed by atoms with E-state index in [0.29, 0.717) is 0 Å². The van der Waals surface area contributed by atoms with E-state index < -0.39 is 6.10 Å². The van der Waals surface area contributed by atoms with Crippen LogP contribution in [0.2, 0.25) is 0 Å². The summed E-state index contributed by atoms with van der Waals surface area (Å²) in [5.41, 5.74) is 1.74. The molecule has 21 heavy (non-hydrogen) atoms. The lowest BCUT2D eigenvalue weighted by molar-refractivity contribution is 0.0719. The first-order valence-electron chi connectivity index (χ1n) is 6.98. The number of benzene rings is 3. The SMILES string of the molecule is COC1C=Cc2ccc3cc4ccccc4cc3c2C1=O. The van der Waals surface area contributed by atoms with Crippen LogP contribution < -0.4 is 0 Å². The zero-order valence-corrected chi connectivity index (χ0v) is 11.7. The molecule has 0 aliphatic heterocycles. The van der Waals surface area contributed by atoms with Crippen molar-refractivity contribution >= 4 is 33.4 Å². The van der Waals surface area contributed by atoms with Gasteiger partial charge in [-0.25, -0.2) is 0 Å². The van der Waals surface area contributed by atoms with Gasteiger partial charge < -0.3 is 4.74 Å². The minimum Gasteiger partial charge on any atom is -0.369 e. The summed E-state index contributed by atoms with van der Waals surface area (Å²) >= 11 is 0. The number of methoxy groups -OCH3 is 1. The fraction of sp³-hybridized carbons (Fsp3) is 0.105. The van der Waals surface area contributed by atoms with Crippen LogP contribution in [0.3, 0.4) is 0 Å². The fourth-order valence-electron chi connectivity index (χ4n) is 3.05. The summed E-state index contributed by atoms with van der Waals surface area (Å²) in [5.74, 6) is 0.0379. The highest BCUT2D eigenvalue weighted by Gasteiger charge is 2.25. The van der Waals surface area contributed by atoms with Crippen LogP contribution in [0.5, 0.6) is 0 Å². The standard InChI is InChI=1S/C19H14O2/c1-21-17-9-8-12-6-7-15-10-13-4-2-3-5-14(13)11-16(15)18(12)19(17)20/h2-11,17H,1H3. The molecule has 0 radical (unpaired) electrons. The average molecular weight is 274 g/mol. The number of ether oxygens (including phenoxy) is 1. The molecule has 0 aromatic heterocycles. The highest BCUT2D eigenvalue weighted by atomic mass is 16.5. The van der Waals surface area contributed by atoms with Gasteiger partial charge in [-0.2, -0.15) is 0 Å². The first-order chi connectivity index (χ1) is 10.3. The van der Waals surface area contributed by atoms with Gasteiger partial charge in [0.15, 0.2) is 5.78 Å². The fourth-order valence-corrected chi connectivity index (χ4v) is 3.05. The van der Waals surface area contributed by atoms with Crippen molar-refractivity contribution in [3.05, 3.63) is 65.7 Å². The van der Waals surface area contributed by atoms with Crippen molar-refractivity contribution in [2.45, 2.75) is 6.10 Å². The molecule has 4 rings (SSSR count). The Labute approximate surface area is 122 Å². The summed E-state index contributed by atoms with van der Waals surface area (Å²) in [6.07, 6.45) is 3.31. The van der Waals surface area contributed by atoms with Gasteiger partial charge in [-0.05, 0) is 45.3 Å². The third-order valence-electron chi connectivity index (χ3n) is 4.13. The van der Waals surface area contributed by atoms with Crippen molar-refractivity contribution in [1.82, 2.24) is 0 Å². The van der Waals surface area contributed by atoms with Gasteiger partial charge in [0, 0.05) is 12.7 Å². The van der Waals surface area contributed by atoms with Crippen LogP contribution in [-0.4, -0.2) is 19.0 Å². The van der Waals surface area contributed by atoms with E-state index >= 15 is 0 Å². The number of carbonyl (C=O) groups is 1. The van der Waals surface area contributed by atoms with Gasteiger partial charge in [0.2, 0.25) is 0 Å². The third kappa shape index (κ3) is 1.80. The molecule has 1 aliphatic rings. The van der Waals surface area contributed by atoms with E-state index in [4.69, 9.17) is 4.74 Å². The summed E-state index contributed by atoms with van der Waals surface area (Å²) in [6, 6.07) is 16.5. The van der Waals surface area contributed by atoms with E-state index in [9.17, 15) is 4.79 Å². The lowest BCUT2D eigenvalue weighted by atomic mass is 9.88. The highest BCUT2D eigenvalue weighted by Crippen LogP contribution is 2.31. The zero-order chi connectivity index (χ0) is 14.4. The van der Waals surface area contributed by atoms with Crippen LogP contribution in [0.25, 0.3) is 27.6 Å². The summed E-state index contributed by atoms with van der Waals surface area (Å²) in [4.78, 5) is 12.6. The number of Topliss-reactive ketones (excluding diaryl/α,β-unsaturated/α-hetero) is 1. The first-order valence-corrected chi connectivity index (χ1v) is 6.98. The van der Waals surface area contributed by atoms with Crippen LogP contribution in [0.1, 0.15) is 15.9 Å². The van der Waals surface area contributed by atoms with Crippen LogP contribution in [-0.2, 0) is 4.74 Å². The summed E-state index contributed by atoms with van der Waals surface area (Å²) in [5, 5.41) is 4.43. The van der Waals surface area contributed by atoms with E-state index in [-0.39, 0.29) is 5.78 Å². The van der Waals surface area contributed by atoms with Crippen LogP contribution in [0, 0.1) is 0 Å². The smallest absolute Gasteiger partial charge is 0.196 e. The molecule has 3 aromatic rings. The predicted molar refractivity (Wildman–Crippen MR) is 85.6 cm³/mol. The predicted octanol–water partition coefficient (Wildman–Crippen LogP) is 4.22. The number of fused-ring (bicyclic) bond motifs is 4. The lowest BCUT2D eigenvalue weighted by Crippen LogP contribution is -2.24. The topological polar surface area (TPSA) is 26.3 Å². The van der Waals surface area contributed by atoms with Gasteiger partial charge in [-0.1, -0.05) is 42.5 Å². The summed E-state index contributed by atoms with van der Waals surface area (Å²) in [6.45, 7) is 0. The van der Waals surface area contributed by atoms with E-state index in [1.54, 1.807) is 7.11 Å². The van der Waals surface area contributed by atoms with Crippen LogP contribution in [0.4, 0.5) is 0 Å². The minimum atomic E-state index is -0.477. The molecular weight excluding hydrogens is 260 g/mol. The third-order valence-corrected chi connectivity index (χ3v) is 4.13. The Bertz CT molecular complexity index is 906. The van der Waals surface area contributed by atoms with Crippen molar-refractivity contribution in [3.8, 4) is 0 Å². The number of ketones is 1. The van der Waals surface area contributed by atoms with Gasteiger partial charge in [-0.15, -0.1) is 0 Å². The van der Waals surface area contributed by atoms with E-state index in [0.717, 1.165) is 27.3 Å². The molecule has 0 N–H and O–H groups in total. The maximum Gasteiger partial charge on any atom is 0.196 e. The normalized spacial score (nSPS) is 17.4. The quantitative estimate of drug-likeness (QED) is 0.621. The van der Waals surface area contributed by atoms with Crippen molar-refractivity contribution in [1.29, 1.82) is 0 Å². The Morgan fingerprint density at radius 3 is 2.48 bits per heavy atom. The van der Waals surface area contributed by atoms with Gasteiger partial charge in [0.25, 0.3) is 0 Å². The summed E-state index contributed by atoms with van der Waals surface area (Å²) < 4.78 is 5.26. The van der Waals surface area contributed by atoms with Gasteiger partial charge in [0.1, 0.15) is 6.10 Å². The van der Waals surface area contributed by atoms with Gasteiger partial charge in [0.05, 0.1) is 0 Å². The molecule has 3 aromatic carbocycles. The summed E-state index contributed by atoms with van der Waals surface area (Å²) in [7, 11) is 1.57. The van der Waals surface area contributed by atoms with E-state index in [1.807, 2.05) is 30.4 Å². The molecule has 0 bridgehead atoms. The number of carbonyl (C=O) groups excluding carboxylic acids is 1. The van der Waals surface area contributed by atoms with Crippen LogP contribution >= 0.6 is 0 Å². The molecule has 2 nitrogen and oxygen atoms in total. The second-order valence-corrected chi connectivity index (χ2v) is 5.33. The van der Waals surface area contributed by atoms with Crippen molar-refractivity contribution < 1.29 is 9.53 Å². The molecule has 0 heterocycles. The van der Waals surface area contributed by atoms with Crippen molar-refractivity contribution in [2.24, 2.45) is 0 Å². The molecule has 0 spiro atoms. The molecular formula is C19H14O2. The molecule has 102 valence electrons. The zero-order valence-electron chi connectivity index (χ0n) is 11.7. The Balaban J connectivity index is 2.09. The molecule has 0 saturated heterocycles. The van der Waals surface area contributed by atoms with Crippen molar-refractivity contribution in [2.75, 3.05) is 7.11 Å². The number of hydrogen-bond acceptors (Lipinski definition) is 2. The Morgan fingerprint density at radius 2 is 1.71 bits per heavy atom. The molecule has 0 amide bonds. The number of hydrogen-bond donors (Lipinski definition) is 0. The Morgan fingerprint density at radius 1 is 0.952 bits per heavy atom. The highest BCUT2D eigenvalue weighted by molar-refractivity contribution is 6.17. The van der Waals surface area contributed by atoms with E-state index in [2.05, 4.69) is 30.3 Å². The molecule has 1 unspecified atom stereocenters. The Kier molecular flexibility index (Phi) is 2.66. The van der Waals surface area contributed by atoms with E-state index in [1.165, 1.54) is 5.39 Å². The monoisotopic (exact) mass is 274 g/mol. The molecule has 1 atom stereocenters. The molecule has 2 heteroatoms. The second-order valence-electron chi connectivity index (χ2n) is 5.33. The second kappa shape index (κ2) is 4.54. The molecule has 1 aliphatic carbocycles.